The highest BCUT2D eigenvalue weighted by Crippen LogP contribution is 2.39. The van der Waals surface area contributed by atoms with Gasteiger partial charge in [0.05, 0.1) is 27.9 Å². The molecule has 21 heavy (non-hydrogen) atoms. The first-order chi connectivity index (χ1) is 10.0. The number of nitriles is 1. The summed E-state index contributed by atoms with van der Waals surface area (Å²) in [7, 11) is 0. The summed E-state index contributed by atoms with van der Waals surface area (Å²) in [5.41, 5.74) is 0.312. The summed E-state index contributed by atoms with van der Waals surface area (Å²) in [5, 5.41) is 33.5. The Hall–Kier alpha value is -1.69. The van der Waals surface area contributed by atoms with Gasteiger partial charge in [0.25, 0.3) is 5.69 Å². The van der Waals surface area contributed by atoms with Gasteiger partial charge in [-0.25, -0.2) is 0 Å². The third-order valence-corrected chi connectivity index (χ3v) is 4.13. The van der Waals surface area contributed by atoms with Gasteiger partial charge in [-0.3, -0.25) is 15.0 Å². The Morgan fingerprint density at radius 1 is 1.52 bits per heavy atom. The minimum Gasteiger partial charge on any atom is -0.506 e. The van der Waals surface area contributed by atoms with Gasteiger partial charge in [-0.2, -0.15) is 5.26 Å². The zero-order valence-corrected chi connectivity index (χ0v) is 12.8. The van der Waals surface area contributed by atoms with Crippen LogP contribution in [0.3, 0.4) is 0 Å². The Morgan fingerprint density at radius 3 is 2.76 bits per heavy atom. The number of rotatable bonds is 4. The third-order valence-electron chi connectivity index (χ3n) is 3.52. The molecular weight excluding hydrogens is 340 g/mol. The Labute approximate surface area is 130 Å². The van der Waals surface area contributed by atoms with Crippen LogP contribution in [0.4, 0.5) is 5.69 Å². The first kappa shape index (κ1) is 15.7. The molecule has 1 atom stereocenters. The van der Waals surface area contributed by atoms with Crippen LogP contribution in [0.5, 0.6) is 5.75 Å². The van der Waals surface area contributed by atoms with E-state index in [0.29, 0.717) is 5.56 Å². The van der Waals surface area contributed by atoms with Gasteiger partial charge in [-0.1, -0.05) is 0 Å². The average molecular weight is 355 g/mol. The number of hydrogen-bond acceptors (Lipinski definition) is 6. The van der Waals surface area contributed by atoms with E-state index in [2.05, 4.69) is 32.2 Å². The topological polar surface area (TPSA) is 102 Å². The van der Waals surface area contributed by atoms with E-state index < -0.39 is 4.92 Å². The normalized spacial score (nSPS) is 17.1. The number of benzene rings is 1. The summed E-state index contributed by atoms with van der Waals surface area (Å²) >= 11 is 3.14. The molecule has 1 aliphatic heterocycles. The van der Waals surface area contributed by atoms with Crippen molar-refractivity contribution >= 4 is 21.6 Å². The lowest BCUT2D eigenvalue weighted by molar-refractivity contribution is -0.385. The van der Waals surface area contributed by atoms with Crippen molar-refractivity contribution in [2.75, 3.05) is 26.2 Å². The Kier molecular flexibility index (Phi) is 5.12. The molecule has 0 unspecified atom stereocenters. The fraction of sp³-hybridized carbons (Fsp3) is 0.462. The van der Waals surface area contributed by atoms with Crippen molar-refractivity contribution in [3.05, 3.63) is 32.3 Å². The van der Waals surface area contributed by atoms with E-state index in [1.165, 1.54) is 12.1 Å². The summed E-state index contributed by atoms with van der Waals surface area (Å²) in [6.45, 7) is 3.04. The van der Waals surface area contributed by atoms with Gasteiger partial charge < -0.3 is 10.4 Å². The quantitative estimate of drug-likeness (QED) is 0.632. The highest BCUT2D eigenvalue weighted by atomic mass is 79.9. The van der Waals surface area contributed by atoms with Crippen LogP contribution in [0, 0.1) is 21.4 Å². The molecule has 0 saturated carbocycles. The van der Waals surface area contributed by atoms with Gasteiger partial charge in [-0.15, -0.1) is 0 Å². The predicted octanol–water partition coefficient (Wildman–Crippen LogP) is 1.92. The second-order valence-electron chi connectivity index (χ2n) is 4.79. The zero-order chi connectivity index (χ0) is 15.4. The molecule has 0 spiro atoms. The summed E-state index contributed by atoms with van der Waals surface area (Å²) in [4.78, 5) is 12.5. The predicted molar refractivity (Wildman–Crippen MR) is 79.9 cm³/mol. The van der Waals surface area contributed by atoms with Crippen LogP contribution < -0.4 is 5.32 Å². The van der Waals surface area contributed by atoms with Gasteiger partial charge in [-0.05, 0) is 15.9 Å². The van der Waals surface area contributed by atoms with E-state index in [1.807, 2.05) is 0 Å². The van der Waals surface area contributed by atoms with E-state index in [4.69, 9.17) is 5.26 Å². The number of nitrogens with zero attached hydrogens (tertiary/aromatic N) is 3. The Morgan fingerprint density at radius 2 is 2.19 bits per heavy atom. The molecule has 112 valence electrons. The minimum atomic E-state index is -0.505. The van der Waals surface area contributed by atoms with Crippen LogP contribution in [0.2, 0.25) is 0 Å². The fourth-order valence-electron chi connectivity index (χ4n) is 2.48. The lowest BCUT2D eigenvalue weighted by Gasteiger charge is -2.34. The van der Waals surface area contributed by atoms with Crippen LogP contribution in [0.15, 0.2) is 16.6 Å². The first-order valence-electron chi connectivity index (χ1n) is 6.53. The van der Waals surface area contributed by atoms with Gasteiger partial charge in [0.1, 0.15) is 5.75 Å². The van der Waals surface area contributed by atoms with Crippen molar-refractivity contribution in [3.63, 3.8) is 0 Å². The van der Waals surface area contributed by atoms with Crippen LogP contribution in [0.1, 0.15) is 18.0 Å². The van der Waals surface area contributed by atoms with Crippen LogP contribution >= 0.6 is 15.9 Å². The van der Waals surface area contributed by atoms with Gasteiger partial charge in [0.2, 0.25) is 0 Å². The van der Waals surface area contributed by atoms with Crippen LogP contribution in [0.25, 0.3) is 0 Å². The molecule has 1 fully saturated rings. The van der Waals surface area contributed by atoms with E-state index in [9.17, 15) is 15.2 Å². The van der Waals surface area contributed by atoms with E-state index in [0.717, 1.165) is 26.2 Å². The highest BCUT2D eigenvalue weighted by molar-refractivity contribution is 9.10. The molecule has 1 aromatic carbocycles. The second kappa shape index (κ2) is 6.85. The van der Waals surface area contributed by atoms with Crippen LogP contribution in [-0.2, 0) is 0 Å². The van der Waals surface area contributed by atoms with Crippen molar-refractivity contribution in [2.24, 2.45) is 0 Å². The number of non-ortho nitro benzene ring substituents is 1. The lowest BCUT2D eigenvalue weighted by atomic mass is 10.00. The van der Waals surface area contributed by atoms with Crippen molar-refractivity contribution in [1.82, 2.24) is 10.2 Å². The number of nitrogens with one attached hydrogen (secondary N) is 1. The number of phenols is 1. The number of aromatic hydroxyl groups is 1. The third kappa shape index (κ3) is 3.50. The molecule has 8 heteroatoms. The maximum atomic E-state index is 11.0. The standard InChI is InChI=1S/C13H15BrN4O3/c14-11-8-9(18(20)21)7-10(13(11)19)12(1-2-15)17-5-3-16-4-6-17/h7-8,12,16,19H,1,3-6H2/t12-/m0/s1. The van der Waals surface area contributed by atoms with Crippen molar-refractivity contribution in [1.29, 1.82) is 5.26 Å². The molecular formula is C13H15BrN4O3. The van der Waals surface area contributed by atoms with Gasteiger partial charge >= 0.3 is 0 Å². The molecule has 1 aromatic rings. The lowest BCUT2D eigenvalue weighted by Crippen LogP contribution is -2.45. The van der Waals surface area contributed by atoms with E-state index >= 15 is 0 Å². The summed E-state index contributed by atoms with van der Waals surface area (Å²) < 4.78 is 0.268. The van der Waals surface area contributed by atoms with Crippen molar-refractivity contribution in [2.45, 2.75) is 12.5 Å². The van der Waals surface area contributed by atoms with Gasteiger partial charge in [0.15, 0.2) is 0 Å². The molecule has 1 saturated heterocycles. The molecule has 0 aliphatic carbocycles. The highest BCUT2D eigenvalue weighted by Gasteiger charge is 2.27. The molecule has 7 nitrogen and oxygen atoms in total. The zero-order valence-electron chi connectivity index (χ0n) is 11.3. The van der Waals surface area contributed by atoms with Gasteiger partial charge in [0, 0.05) is 43.9 Å². The molecule has 0 amide bonds. The monoisotopic (exact) mass is 354 g/mol. The molecule has 1 heterocycles. The second-order valence-corrected chi connectivity index (χ2v) is 5.64. The van der Waals surface area contributed by atoms with Crippen LogP contribution in [-0.4, -0.2) is 41.1 Å². The largest absolute Gasteiger partial charge is 0.506 e. The number of phenolic OH excluding ortho intramolecular Hbond substituents is 1. The molecule has 0 bridgehead atoms. The molecule has 2 N–H and O–H groups in total. The average Bonchev–Trinajstić information content (AvgIpc) is 2.48. The molecule has 0 radical (unpaired) electrons. The maximum Gasteiger partial charge on any atom is 0.271 e. The summed E-state index contributed by atoms with van der Waals surface area (Å²) in [5.74, 6) is -0.0422. The van der Waals surface area contributed by atoms with Crippen molar-refractivity contribution in [3.8, 4) is 11.8 Å². The summed E-state index contributed by atoms with van der Waals surface area (Å²) in [6, 6.07) is 4.36. The van der Waals surface area contributed by atoms with Crippen molar-refractivity contribution < 1.29 is 10.0 Å². The van der Waals surface area contributed by atoms with E-state index in [-0.39, 0.29) is 28.4 Å². The maximum absolute atomic E-state index is 11.0. The molecule has 2 rings (SSSR count). The molecule has 0 aromatic heterocycles. The smallest absolute Gasteiger partial charge is 0.271 e. The summed E-state index contributed by atoms with van der Waals surface area (Å²) in [6.07, 6.45) is 0.168. The Bertz CT molecular complexity index is 582. The Balaban J connectivity index is 2.43. The number of halogens is 1. The number of hydrogen-bond donors (Lipinski definition) is 2. The first-order valence-corrected chi connectivity index (χ1v) is 7.32. The number of nitro groups is 1. The SMILES string of the molecule is N#CC[C@@H](c1cc([N+](=O)[O-])cc(Br)c1O)N1CCNCC1. The number of piperazine rings is 1. The van der Waals surface area contributed by atoms with E-state index in [1.54, 1.807) is 0 Å². The minimum absolute atomic E-state index is 0.0422. The molecule has 1 aliphatic rings. The fourth-order valence-corrected chi connectivity index (χ4v) is 2.94. The number of nitro benzene ring substituents is 1.